The lowest BCUT2D eigenvalue weighted by Crippen LogP contribution is -2.08. The summed E-state index contributed by atoms with van der Waals surface area (Å²) in [4.78, 5) is 28.2. The number of aromatic amines is 1. The van der Waals surface area contributed by atoms with Gasteiger partial charge in [-0.1, -0.05) is 23.7 Å². The highest BCUT2D eigenvalue weighted by molar-refractivity contribution is 6.33. The van der Waals surface area contributed by atoms with Crippen LogP contribution in [0, 0.1) is 0 Å². The summed E-state index contributed by atoms with van der Waals surface area (Å²) in [5, 5.41) is 0.321. The Hall–Kier alpha value is -3.72. The number of nitrogens with one attached hydrogen (secondary N) is 1. The lowest BCUT2D eigenvalue weighted by atomic mass is 10.0. The summed E-state index contributed by atoms with van der Waals surface area (Å²) in [6, 6.07) is 7.68. The van der Waals surface area contributed by atoms with E-state index < -0.39 is 11.7 Å². The lowest BCUT2D eigenvalue weighted by molar-refractivity contribution is -0.137. The molecule has 31 heavy (non-hydrogen) atoms. The monoisotopic (exact) mass is 441 g/mol. The third-order valence-corrected chi connectivity index (χ3v) is 5.04. The van der Waals surface area contributed by atoms with Gasteiger partial charge in [-0.2, -0.15) is 13.2 Å². The van der Waals surface area contributed by atoms with Gasteiger partial charge in [0.2, 0.25) is 5.43 Å². The third-order valence-electron chi connectivity index (χ3n) is 4.76. The molecule has 0 atom stereocenters. The number of rotatable bonds is 2. The Bertz CT molecular complexity index is 1520. The van der Waals surface area contributed by atoms with Crippen LogP contribution in [0.3, 0.4) is 0 Å². The smallest absolute Gasteiger partial charge is 0.345 e. The van der Waals surface area contributed by atoms with Crippen LogP contribution in [0.1, 0.15) is 5.56 Å². The van der Waals surface area contributed by atoms with Gasteiger partial charge in [0, 0.05) is 42.0 Å². The van der Waals surface area contributed by atoms with Gasteiger partial charge in [-0.15, -0.1) is 0 Å². The second-order valence-electron chi connectivity index (χ2n) is 6.77. The largest absolute Gasteiger partial charge is 0.416 e. The lowest BCUT2D eigenvalue weighted by Gasteiger charge is -2.13. The van der Waals surface area contributed by atoms with Gasteiger partial charge in [0.05, 0.1) is 22.0 Å². The minimum atomic E-state index is -4.52. The van der Waals surface area contributed by atoms with Gasteiger partial charge in [0.15, 0.2) is 16.8 Å². The summed E-state index contributed by atoms with van der Waals surface area (Å²) in [7, 11) is 0. The van der Waals surface area contributed by atoms with Crippen molar-refractivity contribution in [3.63, 3.8) is 0 Å². The molecule has 154 valence electrons. The SMILES string of the molecule is O=c1cc[nH]c2nc(-c3cccc(C(F)(F)F)c3)c(-c3cc(Cl)c4nccn4c3)nc12. The Kier molecular flexibility index (Phi) is 4.30. The molecule has 0 radical (unpaired) electrons. The van der Waals surface area contributed by atoms with E-state index in [4.69, 9.17) is 11.6 Å². The van der Waals surface area contributed by atoms with Crippen LogP contribution in [0.25, 0.3) is 39.3 Å². The van der Waals surface area contributed by atoms with Crippen molar-refractivity contribution in [1.82, 2.24) is 24.3 Å². The molecule has 1 N–H and O–H groups in total. The molecule has 0 aliphatic rings. The van der Waals surface area contributed by atoms with Crippen molar-refractivity contribution in [3.8, 4) is 22.5 Å². The molecule has 5 rings (SSSR count). The Balaban J connectivity index is 1.84. The second-order valence-corrected chi connectivity index (χ2v) is 7.18. The predicted molar refractivity (Wildman–Crippen MR) is 110 cm³/mol. The summed E-state index contributed by atoms with van der Waals surface area (Å²) in [5.74, 6) is 0. The summed E-state index contributed by atoms with van der Waals surface area (Å²) < 4.78 is 41.5. The molecule has 0 saturated heterocycles. The fourth-order valence-corrected chi connectivity index (χ4v) is 3.61. The van der Waals surface area contributed by atoms with Crippen molar-refractivity contribution in [2.75, 3.05) is 0 Å². The number of pyridine rings is 2. The molecule has 5 aromatic rings. The van der Waals surface area contributed by atoms with Crippen molar-refractivity contribution in [1.29, 1.82) is 0 Å². The predicted octanol–water partition coefficient (Wildman–Crippen LogP) is 4.97. The summed E-state index contributed by atoms with van der Waals surface area (Å²) in [6.07, 6.45) is 1.81. The number of halogens is 4. The van der Waals surface area contributed by atoms with Gasteiger partial charge in [-0.05, 0) is 18.2 Å². The molecular formula is C21H11ClF3N5O. The number of hydrogen-bond acceptors (Lipinski definition) is 4. The number of H-pyrrole nitrogens is 1. The average molecular weight is 442 g/mol. The van der Waals surface area contributed by atoms with Crippen LogP contribution in [0.2, 0.25) is 5.02 Å². The Labute approximate surface area is 177 Å². The van der Waals surface area contributed by atoms with Crippen molar-refractivity contribution in [2.45, 2.75) is 6.18 Å². The van der Waals surface area contributed by atoms with E-state index in [1.165, 1.54) is 24.4 Å². The van der Waals surface area contributed by atoms with E-state index in [9.17, 15) is 18.0 Å². The van der Waals surface area contributed by atoms with E-state index in [1.807, 2.05) is 0 Å². The Morgan fingerprint density at radius 2 is 1.84 bits per heavy atom. The summed E-state index contributed by atoms with van der Waals surface area (Å²) in [5.41, 5.74) is 0.630. The maximum atomic E-state index is 13.3. The first-order chi connectivity index (χ1) is 14.8. The highest BCUT2D eigenvalue weighted by atomic mass is 35.5. The Morgan fingerprint density at radius 3 is 2.65 bits per heavy atom. The van der Waals surface area contributed by atoms with Crippen molar-refractivity contribution >= 4 is 28.4 Å². The van der Waals surface area contributed by atoms with Crippen molar-refractivity contribution in [3.05, 3.63) is 82.0 Å². The molecular weight excluding hydrogens is 431 g/mol. The van der Waals surface area contributed by atoms with E-state index in [0.717, 1.165) is 12.1 Å². The zero-order valence-corrected chi connectivity index (χ0v) is 16.2. The molecule has 0 amide bonds. The van der Waals surface area contributed by atoms with Crippen LogP contribution in [-0.2, 0) is 6.18 Å². The molecule has 0 bridgehead atoms. The number of aromatic nitrogens is 5. The van der Waals surface area contributed by atoms with E-state index in [0.29, 0.717) is 16.2 Å². The molecule has 6 nitrogen and oxygen atoms in total. The molecule has 4 heterocycles. The molecule has 1 aromatic carbocycles. The van der Waals surface area contributed by atoms with Gasteiger partial charge in [0.1, 0.15) is 0 Å². The van der Waals surface area contributed by atoms with Crippen LogP contribution < -0.4 is 5.43 Å². The zero-order chi connectivity index (χ0) is 21.8. The molecule has 10 heteroatoms. The first kappa shape index (κ1) is 19.3. The second kappa shape index (κ2) is 6.92. The number of imidazole rings is 1. The van der Waals surface area contributed by atoms with E-state index in [-0.39, 0.29) is 33.5 Å². The number of nitrogens with zero attached hydrogens (tertiary/aromatic N) is 4. The van der Waals surface area contributed by atoms with Crippen LogP contribution in [0.5, 0.6) is 0 Å². The quantitative estimate of drug-likeness (QED) is 0.419. The topological polar surface area (TPSA) is 75.9 Å². The first-order valence-corrected chi connectivity index (χ1v) is 9.39. The van der Waals surface area contributed by atoms with E-state index >= 15 is 0 Å². The minimum absolute atomic E-state index is 0.0649. The molecule has 0 aliphatic heterocycles. The highest BCUT2D eigenvalue weighted by Gasteiger charge is 2.31. The molecule has 0 spiro atoms. The standard InChI is InChI=1S/C21H11ClF3N5O/c22-14-9-12(10-30-7-6-27-20(14)30)17-16(11-2-1-3-13(8-11)21(23,24)25)29-19-18(28-17)15(31)4-5-26-19/h1-10H,(H,26,29,31). The van der Waals surface area contributed by atoms with Crippen molar-refractivity contribution < 1.29 is 13.2 Å². The molecule has 0 unspecified atom stereocenters. The van der Waals surface area contributed by atoms with Crippen molar-refractivity contribution in [2.24, 2.45) is 0 Å². The normalized spacial score (nSPS) is 12.0. The third kappa shape index (κ3) is 3.32. The molecule has 0 fully saturated rings. The fraction of sp³-hybridized carbons (Fsp3) is 0.0476. The molecule has 0 aliphatic carbocycles. The summed E-state index contributed by atoms with van der Waals surface area (Å²) >= 11 is 6.34. The van der Waals surface area contributed by atoms with Crippen LogP contribution in [-0.4, -0.2) is 24.3 Å². The minimum Gasteiger partial charge on any atom is -0.345 e. The number of hydrogen-bond donors (Lipinski definition) is 1. The van der Waals surface area contributed by atoms with E-state index in [1.54, 1.807) is 29.1 Å². The number of fused-ring (bicyclic) bond motifs is 2. The highest BCUT2D eigenvalue weighted by Crippen LogP contribution is 2.36. The maximum Gasteiger partial charge on any atom is 0.416 e. The van der Waals surface area contributed by atoms with Crippen LogP contribution >= 0.6 is 11.6 Å². The molecule has 0 saturated carbocycles. The van der Waals surface area contributed by atoms with Gasteiger partial charge in [-0.25, -0.2) is 15.0 Å². The van der Waals surface area contributed by atoms with Gasteiger partial charge >= 0.3 is 6.18 Å². The fourth-order valence-electron chi connectivity index (χ4n) is 3.35. The zero-order valence-electron chi connectivity index (χ0n) is 15.5. The first-order valence-electron chi connectivity index (χ1n) is 9.01. The average Bonchev–Trinajstić information content (AvgIpc) is 3.22. The number of benzene rings is 1. The van der Waals surface area contributed by atoms with Gasteiger partial charge in [-0.3, -0.25) is 4.79 Å². The maximum absolute atomic E-state index is 13.3. The van der Waals surface area contributed by atoms with Crippen LogP contribution in [0.15, 0.2) is 66.0 Å². The van der Waals surface area contributed by atoms with E-state index in [2.05, 4.69) is 19.9 Å². The Morgan fingerprint density at radius 1 is 1.03 bits per heavy atom. The molecule has 4 aromatic heterocycles. The van der Waals surface area contributed by atoms with Crippen LogP contribution in [0.4, 0.5) is 13.2 Å². The van der Waals surface area contributed by atoms with Gasteiger partial charge in [0.25, 0.3) is 0 Å². The summed E-state index contributed by atoms with van der Waals surface area (Å²) in [6.45, 7) is 0. The number of alkyl halides is 3. The van der Waals surface area contributed by atoms with Gasteiger partial charge < -0.3 is 9.38 Å².